The molecule has 0 radical (unpaired) electrons. The number of amides is 4. The molecule has 356 valence electrons. The number of likely N-dealkylation sites (tertiary alicyclic amines) is 3. The van der Waals surface area contributed by atoms with Gasteiger partial charge in [-0.15, -0.1) is 16.6 Å². The van der Waals surface area contributed by atoms with E-state index >= 15 is 0 Å². The number of aromatic nitrogens is 5. The average Bonchev–Trinajstić information content (AvgIpc) is 3.93. The third-order valence-electron chi connectivity index (χ3n) is 14.6. The maximum Gasteiger partial charge on any atom is 0.318 e. The van der Waals surface area contributed by atoms with Gasteiger partial charge in [-0.05, 0) is 104 Å². The van der Waals surface area contributed by atoms with E-state index in [1.807, 2.05) is 63.5 Å². The highest BCUT2D eigenvalue weighted by Crippen LogP contribution is 2.39. The Hall–Kier alpha value is -6.57. The maximum absolute atomic E-state index is 14.2. The number of benzene rings is 2. The molecule has 4 aliphatic heterocycles. The maximum atomic E-state index is 14.2. The minimum absolute atomic E-state index is 0.00931. The molecule has 0 bridgehead atoms. The van der Waals surface area contributed by atoms with Crippen LogP contribution in [0.2, 0.25) is 0 Å². The number of hydrogen-bond acceptors (Lipinski definition) is 11. The molecular weight excluding hydrogens is 859 g/mol. The lowest BCUT2D eigenvalue weighted by Crippen LogP contribution is -2.60. The van der Waals surface area contributed by atoms with Gasteiger partial charge in [-0.2, -0.15) is 0 Å². The Bertz CT molecular complexity index is 2660. The lowest BCUT2D eigenvalue weighted by molar-refractivity contribution is -0.142. The molecule has 0 spiro atoms. The number of nitrogens with zero attached hydrogens (tertiary/aromatic N) is 8. The predicted octanol–water partition coefficient (Wildman–Crippen LogP) is 5.52. The molecule has 4 amide bonds. The monoisotopic (exact) mass is 922 g/mol. The van der Waals surface area contributed by atoms with Crippen LogP contribution in [0.15, 0.2) is 67.0 Å². The highest BCUT2D eigenvalue weighted by Gasteiger charge is 2.45. The van der Waals surface area contributed by atoms with Gasteiger partial charge in [0.25, 0.3) is 0 Å². The summed E-state index contributed by atoms with van der Waals surface area (Å²) in [7, 11) is 0. The lowest BCUT2D eigenvalue weighted by atomic mass is 9.85. The fourth-order valence-corrected chi connectivity index (χ4v) is 10.6. The van der Waals surface area contributed by atoms with Crippen molar-refractivity contribution >= 4 is 34.8 Å². The summed E-state index contributed by atoms with van der Waals surface area (Å²) in [6.45, 7) is 13.1. The van der Waals surface area contributed by atoms with Gasteiger partial charge in [0.05, 0.1) is 17.8 Å². The molecule has 2 aromatic carbocycles. The number of H-pyrrole nitrogens is 1. The Balaban J connectivity index is 0.740. The Morgan fingerprint density at radius 2 is 1.68 bits per heavy atom. The van der Waals surface area contributed by atoms with Gasteiger partial charge in [0.15, 0.2) is 5.65 Å². The average molecular weight is 922 g/mol. The van der Waals surface area contributed by atoms with Gasteiger partial charge in [-0.25, -0.2) is 14.8 Å². The Morgan fingerprint density at radius 3 is 2.37 bits per heavy atom. The van der Waals surface area contributed by atoms with Crippen molar-refractivity contribution in [3.05, 3.63) is 94.9 Å². The molecule has 9 rings (SSSR count). The summed E-state index contributed by atoms with van der Waals surface area (Å²) >= 11 is 0. The molecule has 3 fully saturated rings. The van der Waals surface area contributed by atoms with E-state index in [2.05, 4.69) is 48.5 Å². The molecule has 0 unspecified atom stereocenters. The molecule has 3 aromatic heterocycles. The number of anilines is 1. The van der Waals surface area contributed by atoms with Gasteiger partial charge in [-0.3, -0.25) is 9.59 Å². The van der Waals surface area contributed by atoms with Crippen molar-refractivity contribution in [3.63, 3.8) is 0 Å². The number of piperidine rings is 2. The predicted molar refractivity (Wildman–Crippen MR) is 259 cm³/mol. The Labute approximate surface area is 397 Å². The largest absolute Gasteiger partial charge is 0.507 e. The van der Waals surface area contributed by atoms with E-state index in [-0.39, 0.29) is 49.1 Å². The van der Waals surface area contributed by atoms with Crippen molar-refractivity contribution in [2.75, 3.05) is 50.7 Å². The van der Waals surface area contributed by atoms with Crippen molar-refractivity contribution in [1.82, 2.24) is 50.5 Å². The van der Waals surface area contributed by atoms with Gasteiger partial charge in [0.1, 0.15) is 17.8 Å². The summed E-state index contributed by atoms with van der Waals surface area (Å²) in [6.07, 6.45) is 13.4. The summed E-state index contributed by atoms with van der Waals surface area (Å²) < 4.78 is 0. The third-order valence-corrected chi connectivity index (χ3v) is 14.6. The van der Waals surface area contributed by atoms with Gasteiger partial charge < -0.3 is 45.4 Å². The number of phenols is 1. The summed E-state index contributed by atoms with van der Waals surface area (Å²) in [5.74, 6) is 3.59. The minimum atomic E-state index is -0.892. The van der Waals surface area contributed by atoms with Crippen molar-refractivity contribution in [3.8, 4) is 29.4 Å². The number of aliphatic hydroxyl groups excluding tert-OH is 1. The van der Waals surface area contributed by atoms with Crippen molar-refractivity contribution < 1.29 is 24.6 Å². The van der Waals surface area contributed by atoms with Gasteiger partial charge in [0, 0.05) is 92.3 Å². The second kappa shape index (κ2) is 19.6. The number of urea groups is 1. The quantitative estimate of drug-likeness (QED) is 0.111. The summed E-state index contributed by atoms with van der Waals surface area (Å²) in [6, 6.07) is 14.5. The van der Waals surface area contributed by atoms with Crippen molar-refractivity contribution in [2.24, 2.45) is 11.3 Å². The number of aromatic hydroxyl groups is 1. The van der Waals surface area contributed by atoms with E-state index < -0.39 is 23.6 Å². The normalized spacial score (nSPS) is 21.1. The van der Waals surface area contributed by atoms with E-state index in [0.29, 0.717) is 42.1 Å². The summed E-state index contributed by atoms with van der Waals surface area (Å²) in [5.41, 5.74) is 6.44. The van der Waals surface area contributed by atoms with Gasteiger partial charge in [-0.1, -0.05) is 51.0 Å². The smallest absolute Gasteiger partial charge is 0.318 e. The van der Waals surface area contributed by atoms with Crippen LogP contribution in [0.25, 0.3) is 22.3 Å². The van der Waals surface area contributed by atoms with Crippen molar-refractivity contribution in [1.29, 1.82) is 0 Å². The number of terminal acetylenes is 1. The zero-order chi connectivity index (χ0) is 47.7. The Morgan fingerprint density at radius 1 is 0.956 bits per heavy atom. The second-order valence-electron chi connectivity index (χ2n) is 20.2. The van der Waals surface area contributed by atoms with Crippen LogP contribution in [0.5, 0.6) is 5.75 Å². The number of nitrogens with one attached hydrogen (secondary N) is 3. The first-order valence-electron chi connectivity index (χ1n) is 24.1. The van der Waals surface area contributed by atoms with Crippen LogP contribution in [0.3, 0.4) is 0 Å². The van der Waals surface area contributed by atoms with Crippen LogP contribution in [0, 0.1) is 23.7 Å². The zero-order valence-corrected chi connectivity index (χ0v) is 39.5. The number of carbonyl (C=O) groups is 3. The van der Waals surface area contributed by atoms with E-state index in [1.54, 1.807) is 29.2 Å². The third kappa shape index (κ3) is 9.86. The molecule has 0 aliphatic carbocycles. The van der Waals surface area contributed by atoms with Crippen LogP contribution in [0.4, 0.5) is 10.7 Å². The van der Waals surface area contributed by atoms with E-state index in [1.165, 1.54) is 10.5 Å². The lowest BCUT2D eigenvalue weighted by Gasteiger charge is -2.39. The van der Waals surface area contributed by atoms with E-state index in [4.69, 9.17) is 16.4 Å². The van der Waals surface area contributed by atoms with Crippen LogP contribution in [-0.2, 0) is 22.6 Å². The number of aliphatic hydroxyl groups is 1. The molecular formula is C52H63N11O5. The second-order valence-corrected chi connectivity index (χ2v) is 20.2. The van der Waals surface area contributed by atoms with Crippen LogP contribution >= 0.6 is 0 Å². The first-order chi connectivity index (χ1) is 32.7. The van der Waals surface area contributed by atoms with Crippen molar-refractivity contribution in [2.45, 2.75) is 103 Å². The molecule has 7 heterocycles. The summed E-state index contributed by atoms with van der Waals surface area (Å²) in [5, 5.41) is 36.9. The standard InChI is InChI=1S/C52H63N11O5/c1-6-33-11-13-34(14-12-33)27-53-48(66)43-25-38(64)31-63(43)49(67)46(52(3,4)5)57-51(68)61-22-15-35(16-23-61)30-60-20-17-36(18-21-60)37-28-54-50(55-29-37)62-24-19-41-45(32(62)2)40-26-42(58-59-47(40)56-41)39-9-7-8-10-44(39)65/h1,7-14,26,28-29,32,35-36,38,43,46,64-65H,15-25,27,30-31H2,2-5H3,(H,53,66)(H,56,59)(H,57,68)/t32-,38-,43+,46-/m1/s1. The fraction of sp³-hybridized carbons (Fsp3) is 0.481. The number of hydrogen-bond donors (Lipinski definition) is 5. The number of aromatic amines is 1. The molecule has 4 aliphatic rings. The molecule has 3 saturated heterocycles. The number of para-hydroxylation sites is 1. The molecule has 16 nitrogen and oxygen atoms in total. The zero-order valence-electron chi connectivity index (χ0n) is 39.5. The number of carbonyl (C=O) groups excluding carboxylic acids is 3. The van der Waals surface area contributed by atoms with Gasteiger partial charge >= 0.3 is 6.03 Å². The number of rotatable bonds is 10. The fourth-order valence-electron chi connectivity index (χ4n) is 10.6. The van der Waals surface area contributed by atoms with E-state index in [0.717, 1.165) is 91.7 Å². The van der Waals surface area contributed by atoms with Gasteiger partial charge in [0.2, 0.25) is 17.8 Å². The molecule has 5 N–H and O–H groups in total. The number of phenolic OH excluding ortho intramolecular Hbond substituents is 1. The van der Waals surface area contributed by atoms with E-state index in [9.17, 15) is 24.6 Å². The van der Waals surface area contributed by atoms with Crippen LogP contribution in [-0.4, -0.2) is 132 Å². The number of fused-ring (bicyclic) bond motifs is 3. The summed E-state index contributed by atoms with van der Waals surface area (Å²) in [4.78, 5) is 62.7. The first kappa shape index (κ1) is 46.5. The Kier molecular flexibility index (Phi) is 13.4. The SMILES string of the molecule is C#Cc1ccc(CNC(=O)[C@@H]2C[C@@H](O)CN2C(=O)[C@@H](NC(=O)N2CCC(CN3CCC(c4cnc(N5CCc6[nH]c7nnc(-c8ccccc8O)cc7c6[C@H]5C)nc4)CC3)CC2)C(C)(C)C)cc1. The number of β-amino-alcohol motifs (C(OH)–C–C–N with tert-alkyl or cyclic N) is 1. The molecule has 16 heteroatoms. The minimum Gasteiger partial charge on any atom is -0.507 e. The van der Waals surface area contributed by atoms with Crippen LogP contribution < -0.4 is 15.5 Å². The molecule has 5 aromatic rings. The highest BCUT2D eigenvalue weighted by molar-refractivity contribution is 5.93. The molecule has 4 atom stereocenters. The highest BCUT2D eigenvalue weighted by atomic mass is 16.3. The molecule has 68 heavy (non-hydrogen) atoms. The topological polar surface area (TPSA) is 196 Å². The van der Waals surface area contributed by atoms with Crippen LogP contribution in [0.1, 0.15) is 99.7 Å². The first-order valence-corrected chi connectivity index (χ1v) is 24.1. The molecule has 0 saturated carbocycles.